The first-order chi connectivity index (χ1) is 6.76. The number of hydrogen-bond acceptors (Lipinski definition) is 6. The topological polar surface area (TPSA) is 105 Å². The third kappa shape index (κ3) is 2.87. The zero-order chi connectivity index (χ0) is 10.4. The summed E-state index contributed by atoms with van der Waals surface area (Å²) in [5.41, 5.74) is 2.38. The number of nitrogens with zero attached hydrogens (tertiary/aromatic N) is 2. The van der Waals surface area contributed by atoms with Crippen LogP contribution in [0.3, 0.4) is 0 Å². The van der Waals surface area contributed by atoms with Gasteiger partial charge in [-0.05, 0) is 0 Å². The van der Waals surface area contributed by atoms with Crippen molar-refractivity contribution in [2.75, 3.05) is 24.3 Å². The summed E-state index contributed by atoms with van der Waals surface area (Å²) in [6.45, 7) is 0.164. The van der Waals surface area contributed by atoms with E-state index in [2.05, 4.69) is 26.0 Å². The van der Waals surface area contributed by atoms with Gasteiger partial charge in [0.15, 0.2) is 0 Å². The number of hydrazine groups is 1. The van der Waals surface area contributed by atoms with Gasteiger partial charge in [0.2, 0.25) is 5.91 Å². The molecule has 1 rings (SSSR count). The summed E-state index contributed by atoms with van der Waals surface area (Å²) in [5.74, 6) is 6.06. The maximum absolute atomic E-state index is 10.9. The number of nitrogens with one attached hydrogen (secondary N) is 3. The molecule has 0 aliphatic rings. The van der Waals surface area contributed by atoms with E-state index in [4.69, 9.17) is 5.84 Å². The lowest BCUT2D eigenvalue weighted by molar-refractivity contribution is -0.118. The summed E-state index contributed by atoms with van der Waals surface area (Å²) in [6, 6.07) is 1.60. The Hall–Kier alpha value is -1.89. The SMILES string of the molecule is CNC(=O)CNc1cc(NN)ncn1. The Morgan fingerprint density at radius 1 is 1.50 bits per heavy atom. The zero-order valence-corrected chi connectivity index (χ0v) is 7.74. The fraction of sp³-hybridized carbons (Fsp3) is 0.286. The molecule has 0 fully saturated rings. The second-order valence-electron chi connectivity index (χ2n) is 2.46. The monoisotopic (exact) mass is 196 g/mol. The van der Waals surface area contributed by atoms with Crippen LogP contribution in [0.15, 0.2) is 12.4 Å². The molecule has 0 aliphatic heterocycles. The van der Waals surface area contributed by atoms with Crippen molar-refractivity contribution in [1.82, 2.24) is 15.3 Å². The molecule has 1 aromatic heterocycles. The Morgan fingerprint density at radius 2 is 2.21 bits per heavy atom. The van der Waals surface area contributed by atoms with Gasteiger partial charge in [0.25, 0.3) is 0 Å². The lowest BCUT2D eigenvalue weighted by atomic mass is 10.5. The summed E-state index contributed by atoms with van der Waals surface area (Å²) in [5, 5.41) is 5.29. The van der Waals surface area contributed by atoms with Crippen LogP contribution >= 0.6 is 0 Å². The highest BCUT2D eigenvalue weighted by Crippen LogP contribution is 2.05. The van der Waals surface area contributed by atoms with E-state index in [1.165, 1.54) is 6.33 Å². The molecule has 0 atom stereocenters. The van der Waals surface area contributed by atoms with Gasteiger partial charge < -0.3 is 16.1 Å². The normalized spacial score (nSPS) is 9.29. The summed E-state index contributed by atoms with van der Waals surface area (Å²) >= 11 is 0. The molecule has 0 spiro atoms. The van der Waals surface area contributed by atoms with Gasteiger partial charge in [0.05, 0.1) is 6.54 Å². The van der Waals surface area contributed by atoms with E-state index in [9.17, 15) is 4.79 Å². The van der Waals surface area contributed by atoms with Crippen molar-refractivity contribution in [3.8, 4) is 0 Å². The molecule has 1 aromatic rings. The van der Waals surface area contributed by atoms with E-state index in [-0.39, 0.29) is 12.5 Å². The number of nitrogen functional groups attached to an aromatic ring is 1. The van der Waals surface area contributed by atoms with Gasteiger partial charge in [-0.1, -0.05) is 0 Å². The molecule has 1 amide bonds. The molecule has 7 heteroatoms. The van der Waals surface area contributed by atoms with Gasteiger partial charge in [-0.15, -0.1) is 0 Å². The fourth-order valence-electron chi connectivity index (χ4n) is 0.792. The lowest BCUT2D eigenvalue weighted by Gasteiger charge is -2.05. The van der Waals surface area contributed by atoms with Crippen LogP contribution in [0.2, 0.25) is 0 Å². The van der Waals surface area contributed by atoms with Gasteiger partial charge in [0.1, 0.15) is 18.0 Å². The first kappa shape index (κ1) is 10.2. The average molecular weight is 196 g/mol. The van der Waals surface area contributed by atoms with E-state index in [0.717, 1.165) is 0 Å². The highest BCUT2D eigenvalue weighted by molar-refractivity contribution is 5.80. The van der Waals surface area contributed by atoms with Crippen LogP contribution in [-0.4, -0.2) is 29.5 Å². The standard InChI is InChI=1S/C7H12N6O/c1-9-7(14)3-10-5-2-6(13-8)12-4-11-5/h2,4H,3,8H2,1H3,(H,9,14)(H2,10,11,12,13). The first-order valence-corrected chi connectivity index (χ1v) is 3.99. The van der Waals surface area contributed by atoms with E-state index in [0.29, 0.717) is 11.6 Å². The van der Waals surface area contributed by atoms with Crippen molar-refractivity contribution in [3.63, 3.8) is 0 Å². The number of likely N-dealkylation sites (N-methyl/N-ethyl adjacent to an activating group) is 1. The predicted molar refractivity (Wildman–Crippen MR) is 52.4 cm³/mol. The molecule has 0 unspecified atom stereocenters. The third-order valence-electron chi connectivity index (χ3n) is 1.52. The van der Waals surface area contributed by atoms with Gasteiger partial charge in [-0.2, -0.15) is 0 Å². The number of anilines is 2. The molecular formula is C7H12N6O. The molecule has 0 bridgehead atoms. The number of nitrogens with two attached hydrogens (primary N) is 1. The summed E-state index contributed by atoms with van der Waals surface area (Å²) < 4.78 is 0. The molecular weight excluding hydrogens is 184 g/mol. The van der Waals surface area contributed by atoms with Crippen molar-refractivity contribution in [2.24, 2.45) is 5.84 Å². The minimum atomic E-state index is -0.120. The number of amides is 1. The number of hydrogen-bond donors (Lipinski definition) is 4. The van der Waals surface area contributed by atoms with E-state index in [1.54, 1.807) is 13.1 Å². The molecule has 0 saturated heterocycles. The van der Waals surface area contributed by atoms with Crippen LogP contribution in [0.5, 0.6) is 0 Å². The van der Waals surface area contributed by atoms with Gasteiger partial charge in [-0.3, -0.25) is 4.79 Å². The van der Waals surface area contributed by atoms with E-state index < -0.39 is 0 Å². The molecule has 14 heavy (non-hydrogen) atoms. The Balaban J connectivity index is 2.54. The van der Waals surface area contributed by atoms with E-state index >= 15 is 0 Å². The first-order valence-electron chi connectivity index (χ1n) is 3.99. The van der Waals surface area contributed by atoms with Crippen LogP contribution in [0.4, 0.5) is 11.6 Å². The smallest absolute Gasteiger partial charge is 0.239 e. The van der Waals surface area contributed by atoms with Crippen molar-refractivity contribution >= 4 is 17.5 Å². The average Bonchev–Trinajstić information content (AvgIpc) is 2.26. The molecule has 7 nitrogen and oxygen atoms in total. The summed E-state index contributed by atoms with van der Waals surface area (Å²) in [4.78, 5) is 18.6. The van der Waals surface area contributed by atoms with Crippen molar-refractivity contribution < 1.29 is 4.79 Å². The molecule has 1 heterocycles. The lowest BCUT2D eigenvalue weighted by Crippen LogP contribution is -2.26. The minimum absolute atomic E-state index is 0.120. The molecule has 0 aromatic carbocycles. The van der Waals surface area contributed by atoms with E-state index in [1.807, 2.05) is 0 Å². The Labute approximate surface area is 81.1 Å². The second-order valence-corrected chi connectivity index (χ2v) is 2.46. The largest absolute Gasteiger partial charge is 0.361 e. The van der Waals surface area contributed by atoms with Crippen LogP contribution in [0.1, 0.15) is 0 Å². The van der Waals surface area contributed by atoms with Gasteiger partial charge in [0, 0.05) is 13.1 Å². The Kier molecular flexibility index (Phi) is 3.62. The third-order valence-corrected chi connectivity index (χ3v) is 1.52. The molecule has 0 saturated carbocycles. The minimum Gasteiger partial charge on any atom is -0.361 e. The van der Waals surface area contributed by atoms with Gasteiger partial charge >= 0.3 is 0 Å². The second kappa shape index (κ2) is 4.97. The number of aromatic nitrogens is 2. The number of carbonyl (C=O) groups is 1. The molecule has 5 N–H and O–H groups in total. The Morgan fingerprint density at radius 3 is 2.86 bits per heavy atom. The Bertz CT molecular complexity index is 315. The highest BCUT2D eigenvalue weighted by atomic mass is 16.1. The van der Waals surface area contributed by atoms with Crippen LogP contribution in [-0.2, 0) is 4.79 Å². The highest BCUT2D eigenvalue weighted by Gasteiger charge is 1.99. The summed E-state index contributed by atoms with van der Waals surface area (Å²) in [7, 11) is 1.57. The maximum atomic E-state index is 10.9. The maximum Gasteiger partial charge on any atom is 0.239 e. The van der Waals surface area contributed by atoms with Crippen molar-refractivity contribution in [3.05, 3.63) is 12.4 Å². The van der Waals surface area contributed by atoms with Gasteiger partial charge in [-0.25, -0.2) is 15.8 Å². The van der Waals surface area contributed by atoms with Crippen LogP contribution in [0, 0.1) is 0 Å². The molecule has 0 radical (unpaired) electrons. The fourth-order valence-corrected chi connectivity index (χ4v) is 0.792. The quantitative estimate of drug-likeness (QED) is 0.360. The van der Waals surface area contributed by atoms with Crippen molar-refractivity contribution in [2.45, 2.75) is 0 Å². The number of carbonyl (C=O) groups excluding carboxylic acids is 1. The molecule has 0 aliphatic carbocycles. The molecule has 76 valence electrons. The van der Waals surface area contributed by atoms with Crippen LogP contribution < -0.4 is 21.9 Å². The summed E-state index contributed by atoms with van der Waals surface area (Å²) in [6.07, 6.45) is 1.35. The predicted octanol–water partition coefficient (Wildman–Crippen LogP) is -1.08. The number of rotatable bonds is 4. The van der Waals surface area contributed by atoms with Crippen LogP contribution in [0.25, 0.3) is 0 Å². The van der Waals surface area contributed by atoms with Crippen molar-refractivity contribution in [1.29, 1.82) is 0 Å². The zero-order valence-electron chi connectivity index (χ0n) is 7.74.